The van der Waals surface area contributed by atoms with E-state index in [1.54, 1.807) is 19.1 Å². The van der Waals surface area contributed by atoms with Gasteiger partial charge in [0, 0.05) is 72.1 Å². The second kappa shape index (κ2) is 15.0. The minimum Gasteiger partial charge on any atom is -0.493 e. The minimum absolute atomic E-state index is 0.00894. The third kappa shape index (κ3) is 8.27. The number of methoxy groups -OCH3 is 2. The molecule has 0 spiro atoms. The van der Waals surface area contributed by atoms with Gasteiger partial charge in [-0.15, -0.1) is 0 Å². The summed E-state index contributed by atoms with van der Waals surface area (Å²) in [4.78, 5) is 30.6. The van der Waals surface area contributed by atoms with Crippen LogP contribution in [0.3, 0.4) is 0 Å². The number of benzene rings is 2. The molecule has 1 N–H and O–H groups in total. The van der Waals surface area contributed by atoms with E-state index in [1.807, 2.05) is 81.2 Å². The first-order valence-electron chi connectivity index (χ1n) is 13.8. The molecule has 1 fully saturated rings. The number of aryl methyl sites for hydroxylation is 1. The number of amides is 2. The first-order chi connectivity index (χ1) is 18.8. The number of hydrogen-bond donors (Lipinski definition) is 1. The zero-order valence-corrected chi connectivity index (χ0v) is 24.3. The Morgan fingerprint density at radius 3 is 2.33 bits per heavy atom. The summed E-state index contributed by atoms with van der Waals surface area (Å²) in [7, 11) is 5.07. The summed E-state index contributed by atoms with van der Waals surface area (Å²) >= 11 is 0. The predicted molar refractivity (Wildman–Crippen MR) is 153 cm³/mol. The summed E-state index contributed by atoms with van der Waals surface area (Å²) in [6.07, 6.45) is 0.153. The topological polar surface area (TPSA) is 80.3 Å². The largest absolute Gasteiger partial charge is 0.493 e. The van der Waals surface area contributed by atoms with Crippen LogP contribution in [0.5, 0.6) is 5.75 Å². The number of carbonyl (C=O) groups excluding carboxylic acids is 2. The van der Waals surface area contributed by atoms with E-state index in [1.165, 1.54) is 0 Å². The smallest absolute Gasteiger partial charge is 0.256 e. The molecule has 0 aromatic heterocycles. The van der Waals surface area contributed by atoms with Crippen molar-refractivity contribution in [2.75, 3.05) is 60.7 Å². The lowest BCUT2D eigenvalue weighted by molar-refractivity contribution is -0.141. The van der Waals surface area contributed by atoms with Crippen molar-refractivity contribution in [1.29, 1.82) is 0 Å². The number of nitrogens with zero attached hydrogens (tertiary/aromatic N) is 2. The van der Waals surface area contributed by atoms with Gasteiger partial charge in [0.15, 0.2) is 6.10 Å². The molecular weight excluding hydrogens is 494 g/mol. The molecule has 1 unspecified atom stereocenters. The SMILES string of the molecule is COCCCOc1cc(C(=O)N(C[C@@H]2CNC[C@H]2CN(C)C(=O)C(OC)c2ccccc2)C(C)C)ccc1C. The minimum atomic E-state index is -0.634. The Kier molecular flexibility index (Phi) is 11.8. The summed E-state index contributed by atoms with van der Waals surface area (Å²) in [5.74, 6) is 1.10. The predicted octanol–water partition coefficient (Wildman–Crippen LogP) is 3.94. The van der Waals surface area contributed by atoms with E-state index < -0.39 is 6.10 Å². The molecule has 1 saturated heterocycles. The van der Waals surface area contributed by atoms with Crippen LogP contribution < -0.4 is 10.1 Å². The van der Waals surface area contributed by atoms with Crippen molar-refractivity contribution in [1.82, 2.24) is 15.1 Å². The quantitative estimate of drug-likeness (QED) is 0.367. The highest BCUT2D eigenvalue weighted by atomic mass is 16.5. The number of ether oxygens (including phenoxy) is 3. The van der Waals surface area contributed by atoms with Crippen LogP contribution in [-0.2, 0) is 14.3 Å². The van der Waals surface area contributed by atoms with E-state index in [9.17, 15) is 9.59 Å². The Labute approximate surface area is 233 Å². The average molecular weight is 540 g/mol. The molecule has 2 aromatic carbocycles. The molecule has 0 radical (unpaired) electrons. The summed E-state index contributed by atoms with van der Waals surface area (Å²) in [5.41, 5.74) is 2.46. The van der Waals surface area contributed by atoms with Gasteiger partial charge in [-0.3, -0.25) is 9.59 Å². The lowest BCUT2D eigenvalue weighted by Crippen LogP contribution is -2.44. The van der Waals surface area contributed by atoms with Crippen molar-refractivity contribution in [3.63, 3.8) is 0 Å². The molecule has 1 aliphatic heterocycles. The summed E-state index contributed by atoms with van der Waals surface area (Å²) in [6.45, 7) is 10.1. The molecule has 1 aliphatic rings. The van der Waals surface area contributed by atoms with E-state index in [2.05, 4.69) is 5.32 Å². The molecular formula is C31H45N3O5. The van der Waals surface area contributed by atoms with Gasteiger partial charge in [0.05, 0.1) is 6.61 Å². The number of hydrogen-bond acceptors (Lipinski definition) is 6. The number of carbonyl (C=O) groups is 2. The Bertz CT molecular complexity index is 1060. The molecule has 2 aromatic rings. The maximum Gasteiger partial charge on any atom is 0.256 e. The molecule has 39 heavy (non-hydrogen) atoms. The molecule has 2 amide bonds. The summed E-state index contributed by atoms with van der Waals surface area (Å²) < 4.78 is 16.6. The number of rotatable bonds is 14. The van der Waals surface area contributed by atoms with Gasteiger partial charge >= 0.3 is 0 Å². The van der Waals surface area contributed by atoms with Gasteiger partial charge in [-0.1, -0.05) is 36.4 Å². The fourth-order valence-electron chi connectivity index (χ4n) is 5.08. The van der Waals surface area contributed by atoms with E-state index in [4.69, 9.17) is 14.2 Å². The maximum absolute atomic E-state index is 13.7. The molecule has 8 heteroatoms. The Hall–Kier alpha value is -2.94. The molecule has 1 heterocycles. The molecule has 214 valence electrons. The van der Waals surface area contributed by atoms with E-state index in [0.29, 0.717) is 31.9 Å². The Balaban J connectivity index is 1.67. The molecule has 3 atom stereocenters. The van der Waals surface area contributed by atoms with Crippen molar-refractivity contribution in [3.05, 3.63) is 65.2 Å². The Morgan fingerprint density at radius 1 is 1.00 bits per heavy atom. The van der Waals surface area contributed by atoms with Gasteiger partial charge in [-0.05, 0) is 55.9 Å². The number of likely N-dealkylation sites (N-methyl/N-ethyl adjacent to an activating group) is 1. The third-order valence-corrected chi connectivity index (χ3v) is 7.43. The second-order valence-corrected chi connectivity index (χ2v) is 10.6. The normalized spacial score (nSPS) is 17.7. The van der Waals surface area contributed by atoms with Crippen LogP contribution in [-0.4, -0.2) is 88.3 Å². The van der Waals surface area contributed by atoms with Gasteiger partial charge in [0.25, 0.3) is 11.8 Å². The van der Waals surface area contributed by atoms with Crippen molar-refractivity contribution >= 4 is 11.8 Å². The summed E-state index contributed by atoms with van der Waals surface area (Å²) in [5, 5.41) is 3.48. The van der Waals surface area contributed by atoms with Gasteiger partial charge in [-0.2, -0.15) is 0 Å². The van der Waals surface area contributed by atoms with Crippen molar-refractivity contribution < 1.29 is 23.8 Å². The van der Waals surface area contributed by atoms with Crippen LogP contribution in [0.2, 0.25) is 0 Å². The first kappa shape index (κ1) is 30.6. The lowest BCUT2D eigenvalue weighted by Gasteiger charge is -2.33. The highest BCUT2D eigenvalue weighted by Gasteiger charge is 2.34. The van der Waals surface area contributed by atoms with Crippen molar-refractivity contribution in [2.24, 2.45) is 11.8 Å². The van der Waals surface area contributed by atoms with E-state index in [0.717, 1.165) is 36.4 Å². The van der Waals surface area contributed by atoms with Crippen LogP contribution in [0, 0.1) is 18.8 Å². The standard InChI is InChI=1S/C31H45N3O5/c1-22(2)34(30(35)25-14-13-23(3)28(17-25)39-16-10-15-37-5)21-27-19-32-18-26(27)20-33(4)31(36)29(38-6)24-11-8-7-9-12-24/h7-9,11-14,17,22,26-27,29,32H,10,15-16,18-21H2,1-6H3/t26-,27-,29?/m0/s1. The van der Waals surface area contributed by atoms with Gasteiger partial charge in [0.2, 0.25) is 0 Å². The summed E-state index contributed by atoms with van der Waals surface area (Å²) in [6, 6.07) is 15.3. The van der Waals surface area contributed by atoms with Gasteiger partial charge in [-0.25, -0.2) is 0 Å². The monoisotopic (exact) mass is 539 g/mol. The highest BCUT2D eigenvalue weighted by Crippen LogP contribution is 2.26. The molecule has 3 rings (SSSR count). The fourth-order valence-corrected chi connectivity index (χ4v) is 5.08. The van der Waals surface area contributed by atoms with E-state index >= 15 is 0 Å². The molecule has 0 bridgehead atoms. The maximum atomic E-state index is 13.7. The molecule has 0 aliphatic carbocycles. The Morgan fingerprint density at radius 2 is 1.69 bits per heavy atom. The number of nitrogens with one attached hydrogen (secondary N) is 1. The fraction of sp³-hybridized carbons (Fsp3) is 0.548. The zero-order chi connectivity index (χ0) is 28.4. The van der Waals surface area contributed by atoms with Gasteiger partial charge in [0.1, 0.15) is 5.75 Å². The van der Waals surface area contributed by atoms with Gasteiger partial charge < -0.3 is 29.3 Å². The average Bonchev–Trinajstić information content (AvgIpc) is 3.37. The van der Waals surface area contributed by atoms with E-state index in [-0.39, 0.29) is 29.7 Å². The highest BCUT2D eigenvalue weighted by molar-refractivity contribution is 5.95. The van der Waals surface area contributed by atoms with Crippen LogP contribution in [0.1, 0.15) is 47.9 Å². The van der Waals surface area contributed by atoms with Crippen molar-refractivity contribution in [2.45, 2.75) is 39.3 Å². The molecule has 8 nitrogen and oxygen atoms in total. The van der Waals surface area contributed by atoms with Crippen LogP contribution in [0.4, 0.5) is 0 Å². The van der Waals surface area contributed by atoms with Crippen LogP contribution in [0.15, 0.2) is 48.5 Å². The lowest BCUT2D eigenvalue weighted by atomic mass is 9.93. The van der Waals surface area contributed by atoms with Crippen molar-refractivity contribution in [3.8, 4) is 5.75 Å². The van der Waals surface area contributed by atoms with Crippen LogP contribution in [0.25, 0.3) is 0 Å². The van der Waals surface area contributed by atoms with Crippen LogP contribution >= 0.6 is 0 Å². The third-order valence-electron chi connectivity index (χ3n) is 7.43. The first-order valence-corrected chi connectivity index (χ1v) is 13.8. The second-order valence-electron chi connectivity index (χ2n) is 10.6. The molecule has 0 saturated carbocycles. The zero-order valence-electron chi connectivity index (χ0n) is 24.3.